The van der Waals surface area contributed by atoms with Crippen molar-refractivity contribution in [3.05, 3.63) is 27.2 Å². The highest BCUT2D eigenvalue weighted by Crippen LogP contribution is 2.37. The lowest BCUT2D eigenvalue weighted by Gasteiger charge is -2.06. The molecule has 1 aromatic carbocycles. The van der Waals surface area contributed by atoms with Crippen LogP contribution in [0, 0.1) is 0 Å². The third-order valence-electron chi connectivity index (χ3n) is 2.08. The molecular formula is C9H9BrClNO. The van der Waals surface area contributed by atoms with Crippen LogP contribution in [0.4, 0.5) is 0 Å². The van der Waals surface area contributed by atoms with Gasteiger partial charge in [0.2, 0.25) is 0 Å². The van der Waals surface area contributed by atoms with E-state index < -0.39 is 0 Å². The number of fused-ring (bicyclic) bond motifs is 1. The monoisotopic (exact) mass is 261 g/mol. The van der Waals surface area contributed by atoms with Crippen molar-refractivity contribution in [3.8, 4) is 5.75 Å². The summed E-state index contributed by atoms with van der Waals surface area (Å²) in [5.41, 5.74) is 6.66. The highest BCUT2D eigenvalue weighted by molar-refractivity contribution is 9.10. The van der Waals surface area contributed by atoms with Gasteiger partial charge in [-0.1, -0.05) is 27.5 Å². The Labute approximate surface area is 90.1 Å². The Balaban J connectivity index is 2.40. The molecule has 70 valence electrons. The Morgan fingerprint density at radius 1 is 1.62 bits per heavy atom. The summed E-state index contributed by atoms with van der Waals surface area (Å²) in [6.07, 6.45) is 0.937. The first kappa shape index (κ1) is 9.31. The van der Waals surface area contributed by atoms with Gasteiger partial charge in [-0.2, -0.15) is 0 Å². The maximum Gasteiger partial charge on any atom is 0.141 e. The van der Waals surface area contributed by atoms with Crippen LogP contribution < -0.4 is 10.5 Å². The average Bonchev–Trinajstić information content (AvgIpc) is 2.47. The summed E-state index contributed by atoms with van der Waals surface area (Å²) in [7, 11) is 0. The van der Waals surface area contributed by atoms with Gasteiger partial charge in [-0.05, 0) is 12.1 Å². The largest absolute Gasteiger partial charge is 0.487 e. The van der Waals surface area contributed by atoms with E-state index in [0.29, 0.717) is 11.6 Å². The van der Waals surface area contributed by atoms with Gasteiger partial charge in [0, 0.05) is 23.0 Å². The van der Waals surface area contributed by atoms with Crippen molar-refractivity contribution in [3.63, 3.8) is 0 Å². The van der Waals surface area contributed by atoms with Crippen molar-refractivity contribution in [1.29, 1.82) is 0 Å². The summed E-state index contributed by atoms with van der Waals surface area (Å²) < 4.78 is 6.55. The fourth-order valence-electron chi connectivity index (χ4n) is 1.48. The minimum atomic E-state index is 0.0850. The number of rotatable bonds is 1. The molecule has 1 heterocycles. The lowest BCUT2D eigenvalue weighted by Crippen LogP contribution is -2.24. The number of benzene rings is 1. The number of halogens is 2. The Hall–Kier alpha value is -0.250. The maximum atomic E-state index is 6.00. The zero-order valence-electron chi connectivity index (χ0n) is 6.89. The predicted octanol–water partition coefficient (Wildman–Crippen LogP) is 2.36. The van der Waals surface area contributed by atoms with Crippen LogP contribution in [0.1, 0.15) is 5.56 Å². The normalized spacial score (nSPS) is 19.8. The first-order valence-corrected chi connectivity index (χ1v) is 5.22. The fourth-order valence-corrected chi connectivity index (χ4v) is 2.40. The molecule has 2 rings (SSSR count). The summed E-state index contributed by atoms with van der Waals surface area (Å²) in [6.45, 7) is 0.530. The van der Waals surface area contributed by atoms with Crippen LogP contribution in [-0.2, 0) is 6.42 Å². The molecule has 0 saturated heterocycles. The minimum Gasteiger partial charge on any atom is -0.487 e. The summed E-state index contributed by atoms with van der Waals surface area (Å²) >= 11 is 9.39. The quantitative estimate of drug-likeness (QED) is 0.843. The van der Waals surface area contributed by atoms with Crippen LogP contribution in [0.15, 0.2) is 16.6 Å². The van der Waals surface area contributed by atoms with Crippen LogP contribution >= 0.6 is 27.5 Å². The van der Waals surface area contributed by atoms with E-state index in [0.717, 1.165) is 22.2 Å². The van der Waals surface area contributed by atoms with E-state index in [1.54, 1.807) is 0 Å². The molecule has 0 spiro atoms. The molecule has 0 radical (unpaired) electrons. The lowest BCUT2D eigenvalue weighted by atomic mass is 10.1. The van der Waals surface area contributed by atoms with Crippen LogP contribution in [0.3, 0.4) is 0 Å². The van der Waals surface area contributed by atoms with Crippen molar-refractivity contribution >= 4 is 27.5 Å². The summed E-state index contributed by atoms with van der Waals surface area (Å²) in [5.74, 6) is 0.792. The second-order valence-corrected chi connectivity index (χ2v) is 4.38. The number of ether oxygens (including phenoxy) is 1. The molecule has 0 aromatic heterocycles. The van der Waals surface area contributed by atoms with Crippen LogP contribution in [0.25, 0.3) is 0 Å². The van der Waals surface area contributed by atoms with E-state index in [2.05, 4.69) is 15.9 Å². The highest BCUT2D eigenvalue weighted by Gasteiger charge is 2.24. The molecule has 1 aliphatic heterocycles. The number of hydrogen-bond donors (Lipinski definition) is 1. The second-order valence-electron chi connectivity index (χ2n) is 3.06. The van der Waals surface area contributed by atoms with Crippen LogP contribution in [-0.4, -0.2) is 12.6 Å². The summed E-state index contributed by atoms with van der Waals surface area (Å²) in [5, 5.41) is 0.653. The van der Waals surface area contributed by atoms with Crippen molar-refractivity contribution in [2.75, 3.05) is 6.54 Å². The van der Waals surface area contributed by atoms with E-state index in [4.69, 9.17) is 22.1 Å². The van der Waals surface area contributed by atoms with Crippen molar-refractivity contribution in [2.24, 2.45) is 5.73 Å². The molecule has 4 heteroatoms. The van der Waals surface area contributed by atoms with Crippen molar-refractivity contribution in [2.45, 2.75) is 12.5 Å². The molecule has 1 unspecified atom stereocenters. The maximum absolute atomic E-state index is 6.00. The topological polar surface area (TPSA) is 35.2 Å². The van der Waals surface area contributed by atoms with E-state index in [-0.39, 0.29) is 6.10 Å². The van der Waals surface area contributed by atoms with Gasteiger partial charge in [0.25, 0.3) is 0 Å². The first-order valence-electron chi connectivity index (χ1n) is 4.05. The molecule has 0 aliphatic carbocycles. The average molecular weight is 263 g/mol. The molecule has 13 heavy (non-hydrogen) atoms. The highest BCUT2D eigenvalue weighted by atomic mass is 79.9. The van der Waals surface area contributed by atoms with Gasteiger partial charge in [-0.25, -0.2) is 0 Å². The van der Waals surface area contributed by atoms with Gasteiger partial charge in [-0.15, -0.1) is 0 Å². The van der Waals surface area contributed by atoms with Gasteiger partial charge < -0.3 is 10.5 Å². The molecule has 1 aromatic rings. The Bertz CT molecular complexity index is 343. The number of nitrogens with two attached hydrogens (primary N) is 1. The third-order valence-corrected chi connectivity index (χ3v) is 2.82. The van der Waals surface area contributed by atoms with Gasteiger partial charge >= 0.3 is 0 Å². The van der Waals surface area contributed by atoms with Crippen molar-refractivity contribution in [1.82, 2.24) is 0 Å². The summed E-state index contributed by atoms with van der Waals surface area (Å²) in [6, 6.07) is 3.86. The molecule has 0 fully saturated rings. The van der Waals surface area contributed by atoms with Gasteiger partial charge in [0.15, 0.2) is 0 Å². The molecule has 2 N–H and O–H groups in total. The predicted molar refractivity (Wildman–Crippen MR) is 56.3 cm³/mol. The fraction of sp³-hybridized carbons (Fsp3) is 0.333. The van der Waals surface area contributed by atoms with Gasteiger partial charge in [-0.3, -0.25) is 0 Å². The van der Waals surface area contributed by atoms with Gasteiger partial charge in [0.05, 0.1) is 5.02 Å². The standard InChI is InChI=1S/C9H9BrClNO/c10-6-1-5-2-7(4-12)13-9(5)8(11)3-6/h1,3,7H,2,4,12H2. The van der Waals surface area contributed by atoms with E-state index in [1.807, 2.05) is 12.1 Å². The van der Waals surface area contributed by atoms with Crippen LogP contribution in [0.2, 0.25) is 5.02 Å². The first-order chi connectivity index (χ1) is 6.20. The minimum absolute atomic E-state index is 0.0850. The molecule has 0 bridgehead atoms. The zero-order valence-corrected chi connectivity index (χ0v) is 9.23. The number of hydrogen-bond acceptors (Lipinski definition) is 2. The van der Waals surface area contributed by atoms with E-state index in [1.165, 1.54) is 0 Å². The molecule has 1 atom stereocenters. The SMILES string of the molecule is NCC1Cc2cc(Br)cc(Cl)c2O1. The van der Waals surface area contributed by atoms with Gasteiger partial charge in [0.1, 0.15) is 11.9 Å². The molecule has 0 saturated carbocycles. The summed E-state index contributed by atoms with van der Waals surface area (Å²) in [4.78, 5) is 0. The lowest BCUT2D eigenvalue weighted by molar-refractivity contribution is 0.241. The Kier molecular flexibility index (Phi) is 2.49. The second kappa shape index (κ2) is 3.48. The third kappa shape index (κ3) is 1.68. The van der Waals surface area contributed by atoms with E-state index in [9.17, 15) is 0 Å². The molecule has 0 amide bonds. The molecular weight excluding hydrogens is 253 g/mol. The van der Waals surface area contributed by atoms with Crippen molar-refractivity contribution < 1.29 is 4.74 Å². The van der Waals surface area contributed by atoms with E-state index >= 15 is 0 Å². The Morgan fingerprint density at radius 3 is 3.08 bits per heavy atom. The molecule has 1 aliphatic rings. The zero-order chi connectivity index (χ0) is 9.42. The Morgan fingerprint density at radius 2 is 2.38 bits per heavy atom. The van der Waals surface area contributed by atoms with Crippen LogP contribution in [0.5, 0.6) is 5.75 Å². The smallest absolute Gasteiger partial charge is 0.141 e. The molecule has 2 nitrogen and oxygen atoms in total.